The van der Waals surface area contributed by atoms with Gasteiger partial charge in [0.25, 0.3) is 0 Å². The largest absolute Gasteiger partial charge is 0.397 e. The van der Waals surface area contributed by atoms with Gasteiger partial charge in [0.05, 0.1) is 22.8 Å². The molecule has 0 saturated carbocycles. The summed E-state index contributed by atoms with van der Waals surface area (Å²) in [6.07, 6.45) is 2.09. The number of anilines is 2. The second kappa shape index (κ2) is 9.81. The van der Waals surface area contributed by atoms with Crippen molar-refractivity contribution >= 4 is 39.6 Å². The fourth-order valence-corrected chi connectivity index (χ4v) is 4.56. The van der Waals surface area contributed by atoms with Crippen LogP contribution >= 0.6 is 11.8 Å². The lowest BCUT2D eigenvalue weighted by atomic mass is 10.1. The van der Waals surface area contributed by atoms with Crippen molar-refractivity contribution in [3.63, 3.8) is 0 Å². The van der Waals surface area contributed by atoms with Crippen LogP contribution in [0.1, 0.15) is 16.7 Å². The zero-order valence-electron chi connectivity index (χ0n) is 18.8. The molecule has 0 atom stereocenters. The molecule has 166 valence electrons. The van der Waals surface area contributed by atoms with Crippen LogP contribution in [0, 0.1) is 6.92 Å². The SMILES string of the molecule is Cc1ccc(C2=NN(c3ccccc3)/C(=C\C(=Nc3ccccc3N)c3ccccc3)S2)cc1. The number of nitrogens with two attached hydrogens (primary N) is 1. The molecule has 0 bridgehead atoms. The molecular weight excluding hydrogens is 436 g/mol. The standard InChI is InChI=1S/C29H24N4S/c1-21-16-18-23(19-17-21)29-32-33(24-12-6-3-7-13-24)28(34-29)20-27(22-10-4-2-5-11-22)31-26-15-9-8-14-25(26)30/h2-20H,30H2,1H3/b28-20+,31-27?. The summed E-state index contributed by atoms with van der Waals surface area (Å²) in [5, 5.41) is 8.87. The highest BCUT2D eigenvalue weighted by molar-refractivity contribution is 8.18. The minimum Gasteiger partial charge on any atom is -0.397 e. The van der Waals surface area contributed by atoms with Crippen LogP contribution in [0.2, 0.25) is 0 Å². The molecule has 4 aromatic carbocycles. The molecular formula is C29H24N4S. The number of hydrazone groups is 1. The molecule has 34 heavy (non-hydrogen) atoms. The summed E-state index contributed by atoms with van der Waals surface area (Å²) in [6, 6.07) is 36.5. The van der Waals surface area contributed by atoms with Crippen molar-refractivity contribution in [2.75, 3.05) is 10.7 Å². The number of aryl methyl sites for hydroxylation is 1. The Bertz CT molecular complexity index is 1370. The Morgan fingerprint density at radius 3 is 2.18 bits per heavy atom. The van der Waals surface area contributed by atoms with E-state index in [0.717, 1.165) is 38.3 Å². The highest BCUT2D eigenvalue weighted by atomic mass is 32.2. The Kier molecular flexibility index (Phi) is 6.27. The number of hydrogen-bond donors (Lipinski definition) is 1. The predicted octanol–water partition coefficient (Wildman–Crippen LogP) is 7.15. The van der Waals surface area contributed by atoms with E-state index in [2.05, 4.69) is 61.5 Å². The number of nitrogens with zero attached hydrogens (tertiary/aromatic N) is 3. The first-order valence-electron chi connectivity index (χ1n) is 11.1. The lowest BCUT2D eigenvalue weighted by Gasteiger charge is -2.16. The first-order chi connectivity index (χ1) is 16.7. The van der Waals surface area contributed by atoms with Crippen LogP contribution < -0.4 is 10.7 Å². The molecule has 0 aromatic heterocycles. The van der Waals surface area contributed by atoms with Crippen molar-refractivity contribution in [1.29, 1.82) is 0 Å². The zero-order valence-corrected chi connectivity index (χ0v) is 19.6. The van der Waals surface area contributed by atoms with Crippen molar-refractivity contribution in [2.45, 2.75) is 6.92 Å². The lowest BCUT2D eigenvalue weighted by molar-refractivity contribution is 1.08. The molecule has 0 radical (unpaired) electrons. The summed E-state index contributed by atoms with van der Waals surface area (Å²) >= 11 is 1.64. The molecule has 0 fully saturated rings. The summed E-state index contributed by atoms with van der Waals surface area (Å²) in [4.78, 5) is 4.95. The van der Waals surface area contributed by atoms with E-state index in [1.807, 2.05) is 65.7 Å². The summed E-state index contributed by atoms with van der Waals surface area (Å²) in [7, 11) is 0. The molecule has 0 aliphatic carbocycles. The van der Waals surface area contributed by atoms with Gasteiger partial charge >= 0.3 is 0 Å². The molecule has 4 nitrogen and oxygen atoms in total. The van der Waals surface area contributed by atoms with Crippen molar-refractivity contribution in [3.05, 3.63) is 137 Å². The molecule has 1 aliphatic heterocycles. The molecule has 5 heteroatoms. The van der Waals surface area contributed by atoms with Gasteiger partial charge in [-0.2, -0.15) is 5.10 Å². The van der Waals surface area contributed by atoms with Crippen LogP contribution in [0.4, 0.5) is 17.1 Å². The number of aliphatic imine (C=N–C) groups is 1. The van der Waals surface area contributed by atoms with Gasteiger partial charge in [0.15, 0.2) is 0 Å². The van der Waals surface area contributed by atoms with Gasteiger partial charge in [0, 0.05) is 11.1 Å². The fourth-order valence-electron chi connectivity index (χ4n) is 3.59. The van der Waals surface area contributed by atoms with Crippen LogP contribution in [0.25, 0.3) is 0 Å². The summed E-state index contributed by atoms with van der Waals surface area (Å²) in [6.45, 7) is 2.09. The second-order valence-corrected chi connectivity index (χ2v) is 8.93. The number of nitrogen functional groups attached to an aromatic ring is 1. The minimum absolute atomic E-state index is 0.643. The van der Waals surface area contributed by atoms with Gasteiger partial charge in [-0.25, -0.2) is 10.0 Å². The number of hydrogen-bond acceptors (Lipinski definition) is 5. The third kappa shape index (κ3) is 4.80. The fraction of sp³-hybridized carbons (Fsp3) is 0.0345. The molecule has 1 aliphatic rings. The van der Waals surface area contributed by atoms with E-state index >= 15 is 0 Å². The number of benzene rings is 4. The molecule has 0 saturated heterocycles. The summed E-state index contributed by atoms with van der Waals surface area (Å²) in [5.41, 5.74) is 12.7. The summed E-state index contributed by atoms with van der Waals surface area (Å²) < 4.78 is 0. The number of thioether (sulfide) groups is 1. The molecule has 0 amide bonds. The van der Waals surface area contributed by atoms with E-state index < -0.39 is 0 Å². The third-order valence-electron chi connectivity index (χ3n) is 5.41. The Morgan fingerprint density at radius 1 is 0.824 bits per heavy atom. The topological polar surface area (TPSA) is 54.0 Å². The number of rotatable bonds is 5. The highest BCUT2D eigenvalue weighted by Gasteiger charge is 2.25. The van der Waals surface area contributed by atoms with Gasteiger partial charge < -0.3 is 5.73 Å². The monoisotopic (exact) mass is 460 g/mol. The molecule has 0 spiro atoms. The molecule has 2 N–H and O–H groups in total. The molecule has 4 aromatic rings. The number of para-hydroxylation sites is 3. The quantitative estimate of drug-likeness (QED) is 0.254. The zero-order chi connectivity index (χ0) is 23.3. The van der Waals surface area contributed by atoms with Crippen molar-refractivity contribution < 1.29 is 0 Å². The van der Waals surface area contributed by atoms with E-state index in [4.69, 9.17) is 15.8 Å². The van der Waals surface area contributed by atoms with E-state index in [1.165, 1.54) is 5.56 Å². The second-order valence-electron chi connectivity index (χ2n) is 7.93. The van der Waals surface area contributed by atoms with E-state index in [-0.39, 0.29) is 0 Å². The molecule has 0 unspecified atom stereocenters. The first-order valence-corrected chi connectivity index (χ1v) is 11.9. The van der Waals surface area contributed by atoms with Crippen LogP contribution in [0.15, 0.2) is 130 Å². The van der Waals surface area contributed by atoms with E-state index in [1.54, 1.807) is 11.8 Å². The summed E-state index contributed by atoms with van der Waals surface area (Å²) in [5.74, 6) is 0. The first kappa shape index (κ1) is 21.7. The minimum atomic E-state index is 0.643. The van der Waals surface area contributed by atoms with Crippen LogP contribution in [0.3, 0.4) is 0 Å². The maximum absolute atomic E-state index is 6.22. The Hall–Kier alpha value is -4.09. The van der Waals surface area contributed by atoms with Crippen LogP contribution in [-0.2, 0) is 0 Å². The van der Waals surface area contributed by atoms with Gasteiger partial charge in [-0.3, -0.25) is 0 Å². The van der Waals surface area contributed by atoms with Crippen LogP contribution in [0.5, 0.6) is 0 Å². The third-order valence-corrected chi connectivity index (χ3v) is 6.42. The van der Waals surface area contributed by atoms with E-state index in [0.29, 0.717) is 5.69 Å². The van der Waals surface area contributed by atoms with Gasteiger partial charge in [-0.1, -0.05) is 90.5 Å². The Balaban J connectivity index is 1.62. The molecule has 5 rings (SSSR count). The van der Waals surface area contributed by atoms with E-state index in [9.17, 15) is 0 Å². The van der Waals surface area contributed by atoms with Gasteiger partial charge in [-0.05, 0) is 49.0 Å². The average molecular weight is 461 g/mol. The Morgan fingerprint density at radius 2 is 1.47 bits per heavy atom. The van der Waals surface area contributed by atoms with Gasteiger partial charge in [-0.15, -0.1) is 0 Å². The highest BCUT2D eigenvalue weighted by Crippen LogP contribution is 2.37. The lowest BCUT2D eigenvalue weighted by Crippen LogP contribution is -2.11. The van der Waals surface area contributed by atoms with Crippen molar-refractivity contribution in [2.24, 2.45) is 10.1 Å². The normalized spacial score (nSPS) is 15.0. The maximum Gasteiger partial charge on any atom is 0.131 e. The van der Waals surface area contributed by atoms with Crippen LogP contribution in [-0.4, -0.2) is 10.8 Å². The van der Waals surface area contributed by atoms with Gasteiger partial charge in [0.1, 0.15) is 10.1 Å². The van der Waals surface area contributed by atoms with Crippen molar-refractivity contribution in [3.8, 4) is 0 Å². The Labute approximate surface area is 204 Å². The predicted molar refractivity (Wildman–Crippen MR) is 146 cm³/mol. The number of allylic oxidation sites excluding steroid dienone is 1. The smallest absolute Gasteiger partial charge is 0.131 e. The average Bonchev–Trinajstić information content (AvgIpc) is 3.30. The maximum atomic E-state index is 6.22. The van der Waals surface area contributed by atoms with Gasteiger partial charge in [0.2, 0.25) is 0 Å². The molecule has 1 heterocycles. The van der Waals surface area contributed by atoms with Crippen molar-refractivity contribution in [1.82, 2.24) is 0 Å².